The van der Waals surface area contributed by atoms with Gasteiger partial charge in [-0.25, -0.2) is 24.1 Å². The van der Waals surface area contributed by atoms with Crippen LogP contribution in [0.15, 0.2) is 67.0 Å². The molecule has 0 bridgehead atoms. The van der Waals surface area contributed by atoms with E-state index in [0.29, 0.717) is 22.6 Å². The number of alkyl carbamates (subject to hydrolysis) is 1. The van der Waals surface area contributed by atoms with Gasteiger partial charge in [0.15, 0.2) is 17.3 Å². The molecule has 204 valence electrons. The number of ether oxygens (including phenoxy) is 1. The molecule has 0 radical (unpaired) electrons. The number of hydrogen-bond acceptors (Lipinski definition) is 6. The van der Waals surface area contributed by atoms with Gasteiger partial charge in [0.05, 0.1) is 17.3 Å². The smallest absolute Gasteiger partial charge is 0.408 e. The van der Waals surface area contributed by atoms with Crippen LogP contribution in [0.1, 0.15) is 45.6 Å². The predicted octanol–water partition coefficient (Wildman–Crippen LogP) is 5.93. The molecule has 3 heterocycles. The molecule has 0 aliphatic heterocycles. The third-order valence-corrected chi connectivity index (χ3v) is 7.19. The van der Waals surface area contributed by atoms with Crippen LogP contribution in [0.3, 0.4) is 0 Å². The van der Waals surface area contributed by atoms with Crippen LogP contribution in [0.4, 0.5) is 9.18 Å². The summed E-state index contributed by atoms with van der Waals surface area (Å²) in [5.41, 5.74) is 2.99. The van der Waals surface area contributed by atoms with Crippen molar-refractivity contribution in [2.75, 3.05) is 0 Å². The van der Waals surface area contributed by atoms with Crippen LogP contribution in [0.5, 0.6) is 0 Å². The molecule has 0 saturated heterocycles. The highest BCUT2D eigenvalue weighted by atomic mass is 19.1. The van der Waals surface area contributed by atoms with Crippen LogP contribution in [0.25, 0.3) is 39.8 Å². The van der Waals surface area contributed by atoms with Gasteiger partial charge in [-0.1, -0.05) is 24.3 Å². The number of aryl methyl sites for hydroxylation is 1. The molecule has 0 atom stereocenters. The summed E-state index contributed by atoms with van der Waals surface area (Å²) in [6, 6.07) is 16.3. The summed E-state index contributed by atoms with van der Waals surface area (Å²) in [7, 11) is 1.85. The number of hydrogen-bond donors (Lipinski definition) is 1. The zero-order chi connectivity index (χ0) is 28.1. The number of carbonyl (C=O) groups is 1. The lowest BCUT2D eigenvalue weighted by Crippen LogP contribution is -2.52. The number of benzene rings is 2. The number of amides is 1. The van der Waals surface area contributed by atoms with Crippen LogP contribution in [0, 0.1) is 5.82 Å². The average molecular weight is 540 g/mol. The lowest BCUT2D eigenvalue weighted by Gasteiger charge is -2.43. The molecular formula is C30H30FN7O2. The van der Waals surface area contributed by atoms with Crippen molar-refractivity contribution in [1.29, 1.82) is 0 Å². The Kier molecular flexibility index (Phi) is 6.13. The van der Waals surface area contributed by atoms with E-state index in [4.69, 9.17) is 14.7 Å². The fraction of sp³-hybridized carbons (Fsp3) is 0.300. The van der Waals surface area contributed by atoms with Gasteiger partial charge in [0.2, 0.25) is 0 Å². The first-order valence-corrected chi connectivity index (χ1v) is 13.2. The van der Waals surface area contributed by atoms with E-state index >= 15 is 0 Å². The van der Waals surface area contributed by atoms with Gasteiger partial charge >= 0.3 is 6.09 Å². The van der Waals surface area contributed by atoms with Crippen LogP contribution in [-0.2, 0) is 17.3 Å². The number of halogens is 1. The van der Waals surface area contributed by atoms with Gasteiger partial charge in [-0.3, -0.25) is 9.25 Å². The first kappa shape index (κ1) is 25.7. The average Bonchev–Trinajstić information content (AvgIpc) is 3.48. The van der Waals surface area contributed by atoms with Crippen molar-refractivity contribution in [2.24, 2.45) is 7.05 Å². The van der Waals surface area contributed by atoms with Crippen LogP contribution >= 0.6 is 0 Å². The van der Waals surface area contributed by atoms with E-state index in [1.807, 2.05) is 62.7 Å². The molecule has 9 nitrogen and oxygen atoms in total. The van der Waals surface area contributed by atoms with Crippen molar-refractivity contribution >= 4 is 17.3 Å². The highest BCUT2D eigenvalue weighted by Crippen LogP contribution is 2.42. The highest BCUT2D eigenvalue weighted by Gasteiger charge is 2.41. The molecule has 1 amide bonds. The molecule has 5 aromatic rings. The van der Waals surface area contributed by atoms with Crippen molar-refractivity contribution in [1.82, 2.24) is 34.6 Å². The lowest BCUT2D eigenvalue weighted by atomic mass is 9.72. The molecule has 40 heavy (non-hydrogen) atoms. The maximum absolute atomic E-state index is 14.6. The molecular weight excluding hydrogens is 509 g/mol. The SMILES string of the molecule is Cn1nccc1-c1nc2cnc(-c3ccccc3F)nc2n1-c1ccc(C2(NC(=O)OC(C)(C)C)CCC2)cc1. The number of fused-ring (bicyclic) bond motifs is 1. The largest absolute Gasteiger partial charge is 0.444 e. The Morgan fingerprint density at radius 3 is 2.42 bits per heavy atom. The molecule has 1 aliphatic rings. The Labute approximate surface area is 231 Å². The van der Waals surface area contributed by atoms with Crippen molar-refractivity contribution in [2.45, 2.75) is 51.2 Å². The number of rotatable bonds is 5. The van der Waals surface area contributed by atoms with Gasteiger partial charge in [-0.05, 0) is 75.9 Å². The summed E-state index contributed by atoms with van der Waals surface area (Å²) in [5.74, 6) is 0.510. The van der Waals surface area contributed by atoms with E-state index < -0.39 is 23.1 Å². The van der Waals surface area contributed by atoms with Gasteiger partial charge in [0.25, 0.3) is 0 Å². The quantitative estimate of drug-likeness (QED) is 0.297. The topological polar surface area (TPSA) is 99.8 Å². The number of imidazole rings is 1. The summed E-state index contributed by atoms with van der Waals surface area (Å²) in [6.07, 6.45) is 5.58. The standard InChI is InChI=1S/C30H30FN7O2/c1-29(2,3)40-28(39)36-30(15-7-16-30)19-10-12-20(13-11-19)38-26-23(34-27(38)24-14-17-33-37(24)4)18-32-25(35-26)21-8-5-6-9-22(21)31/h5-6,8-14,17-18H,7,15-16H2,1-4H3,(H,36,39). The Morgan fingerprint density at radius 1 is 1.05 bits per heavy atom. The van der Waals surface area contributed by atoms with Gasteiger partial charge in [0.1, 0.15) is 22.6 Å². The minimum atomic E-state index is -0.576. The number of nitrogens with zero attached hydrogens (tertiary/aromatic N) is 6. The molecule has 6 rings (SSSR count). The van der Waals surface area contributed by atoms with Gasteiger partial charge in [-0.2, -0.15) is 5.10 Å². The van der Waals surface area contributed by atoms with E-state index in [1.165, 1.54) is 6.07 Å². The first-order chi connectivity index (χ1) is 19.1. The molecule has 1 saturated carbocycles. The first-order valence-electron chi connectivity index (χ1n) is 13.2. The minimum absolute atomic E-state index is 0.273. The maximum atomic E-state index is 14.6. The normalized spacial score (nSPS) is 14.6. The number of aromatic nitrogens is 6. The van der Waals surface area contributed by atoms with Crippen molar-refractivity contribution in [3.8, 4) is 28.6 Å². The van der Waals surface area contributed by atoms with Crippen LogP contribution < -0.4 is 5.32 Å². The van der Waals surface area contributed by atoms with Gasteiger partial charge in [-0.15, -0.1) is 0 Å². The van der Waals surface area contributed by atoms with E-state index in [0.717, 1.165) is 36.2 Å². The van der Waals surface area contributed by atoms with E-state index in [9.17, 15) is 9.18 Å². The zero-order valence-electron chi connectivity index (χ0n) is 22.8. The Balaban J connectivity index is 1.44. The molecule has 2 aromatic carbocycles. The second-order valence-electron chi connectivity index (χ2n) is 11.1. The predicted molar refractivity (Wildman–Crippen MR) is 149 cm³/mol. The molecule has 10 heteroatoms. The maximum Gasteiger partial charge on any atom is 0.408 e. The molecule has 1 N–H and O–H groups in total. The summed E-state index contributed by atoms with van der Waals surface area (Å²) in [5, 5.41) is 7.43. The molecule has 1 fully saturated rings. The summed E-state index contributed by atoms with van der Waals surface area (Å²) >= 11 is 0. The second kappa shape index (κ2) is 9.55. The third kappa shape index (κ3) is 4.59. The summed E-state index contributed by atoms with van der Waals surface area (Å²) < 4.78 is 23.8. The monoisotopic (exact) mass is 539 g/mol. The van der Waals surface area contributed by atoms with Crippen LogP contribution in [0.2, 0.25) is 0 Å². The molecule has 0 unspecified atom stereocenters. The fourth-order valence-corrected chi connectivity index (χ4v) is 5.10. The molecule has 0 spiro atoms. The second-order valence-corrected chi connectivity index (χ2v) is 11.1. The van der Waals surface area contributed by atoms with Gasteiger partial charge < -0.3 is 10.1 Å². The van der Waals surface area contributed by atoms with E-state index in [1.54, 1.807) is 35.3 Å². The van der Waals surface area contributed by atoms with E-state index in [-0.39, 0.29) is 5.82 Å². The van der Waals surface area contributed by atoms with E-state index in [2.05, 4.69) is 15.4 Å². The zero-order valence-corrected chi connectivity index (χ0v) is 22.8. The Bertz CT molecular complexity index is 1710. The molecule has 3 aromatic heterocycles. The number of carbonyl (C=O) groups excluding carboxylic acids is 1. The van der Waals surface area contributed by atoms with Crippen molar-refractivity contribution < 1.29 is 13.9 Å². The van der Waals surface area contributed by atoms with Crippen molar-refractivity contribution in [3.05, 3.63) is 78.4 Å². The number of nitrogens with one attached hydrogen (secondary N) is 1. The lowest BCUT2D eigenvalue weighted by molar-refractivity contribution is 0.0377. The fourth-order valence-electron chi connectivity index (χ4n) is 5.10. The van der Waals surface area contributed by atoms with Gasteiger partial charge in [0, 0.05) is 18.9 Å². The third-order valence-electron chi connectivity index (χ3n) is 7.19. The Hall–Kier alpha value is -4.60. The summed E-state index contributed by atoms with van der Waals surface area (Å²) in [6.45, 7) is 5.56. The molecule has 1 aliphatic carbocycles. The minimum Gasteiger partial charge on any atom is -0.444 e. The van der Waals surface area contributed by atoms with Crippen molar-refractivity contribution in [3.63, 3.8) is 0 Å². The Morgan fingerprint density at radius 2 is 1.80 bits per heavy atom. The van der Waals surface area contributed by atoms with Crippen LogP contribution in [-0.4, -0.2) is 41.0 Å². The summed E-state index contributed by atoms with van der Waals surface area (Å²) in [4.78, 5) is 26.6. The highest BCUT2D eigenvalue weighted by molar-refractivity contribution is 5.80.